The molecule has 3 fully saturated rings. The maximum atomic E-state index is 13.4. The molecule has 7 heteroatoms. The summed E-state index contributed by atoms with van der Waals surface area (Å²) in [5.74, 6) is 0.341. The van der Waals surface area contributed by atoms with Gasteiger partial charge in [-0.2, -0.15) is 5.26 Å². The highest BCUT2D eigenvalue weighted by molar-refractivity contribution is 5.95. The van der Waals surface area contributed by atoms with Gasteiger partial charge in [-0.05, 0) is 41.4 Å². The molecule has 3 amide bonds. The summed E-state index contributed by atoms with van der Waals surface area (Å²) < 4.78 is 0. The van der Waals surface area contributed by atoms with Crippen LogP contribution in [0.1, 0.15) is 73.1 Å². The average Bonchev–Trinajstić information content (AvgIpc) is 3.07. The highest BCUT2D eigenvalue weighted by Crippen LogP contribution is 2.65. The SMILES string of the molecule is CC(C)(C)CC(=O)N1C[C@H]2[C@H]([C@H]1C(=O)NC(C#N)CC1=CC3CCCCC3NC1=O)C2(C)C. The molecule has 1 saturated heterocycles. The van der Waals surface area contributed by atoms with Gasteiger partial charge in [0, 0.05) is 31.0 Å². The number of nitrogens with one attached hydrogen (secondary N) is 2. The molecule has 3 unspecified atom stereocenters. The Morgan fingerprint density at radius 3 is 2.67 bits per heavy atom. The number of carbonyl (C=O) groups is 3. The van der Waals surface area contributed by atoms with Crippen molar-refractivity contribution >= 4 is 17.7 Å². The Kier molecular flexibility index (Phi) is 6.09. The molecule has 0 spiro atoms. The number of nitriles is 1. The van der Waals surface area contributed by atoms with Crippen molar-refractivity contribution in [2.75, 3.05) is 6.54 Å². The lowest BCUT2D eigenvalue weighted by atomic mass is 9.80. The fraction of sp³-hybridized carbons (Fsp3) is 0.769. The Bertz CT molecular complexity index is 909. The van der Waals surface area contributed by atoms with Crippen LogP contribution in [0, 0.1) is 39.9 Å². The number of carbonyl (C=O) groups excluding carboxylic acids is 3. The highest BCUT2D eigenvalue weighted by atomic mass is 16.2. The van der Waals surface area contributed by atoms with Gasteiger partial charge < -0.3 is 15.5 Å². The zero-order valence-corrected chi connectivity index (χ0v) is 20.6. The second-order valence-corrected chi connectivity index (χ2v) is 12.3. The van der Waals surface area contributed by atoms with Crippen molar-refractivity contribution in [3.63, 3.8) is 0 Å². The highest BCUT2D eigenvalue weighted by Gasteiger charge is 2.69. The number of nitrogens with zero attached hydrogens (tertiary/aromatic N) is 2. The number of rotatable bonds is 5. The minimum absolute atomic E-state index is 0.00290. The molecule has 2 saturated carbocycles. The standard InChI is InChI=1S/C26H38N4O3/c1-25(2,3)12-20(31)30-14-18-21(26(18,4)5)22(30)24(33)28-17(13-27)11-16-10-15-8-6-7-9-19(15)29-23(16)32/h10,15,17-19,21-22H,6-9,11-12,14H2,1-5H3,(H,28,33)(H,29,32)/t15?,17?,18-,19?,21+,22-/m0/s1. The molecule has 0 bridgehead atoms. The van der Waals surface area contributed by atoms with Crippen LogP contribution in [0.4, 0.5) is 0 Å². The topological polar surface area (TPSA) is 102 Å². The maximum Gasteiger partial charge on any atom is 0.247 e. The molecule has 0 aromatic rings. The van der Waals surface area contributed by atoms with E-state index < -0.39 is 12.1 Å². The Morgan fingerprint density at radius 1 is 1.30 bits per heavy atom. The Hall–Kier alpha value is -2.36. The first-order chi connectivity index (χ1) is 15.4. The molecule has 2 heterocycles. The number of piperidine rings is 1. The zero-order chi connectivity index (χ0) is 24.1. The van der Waals surface area contributed by atoms with Crippen LogP contribution in [0.25, 0.3) is 0 Å². The van der Waals surface area contributed by atoms with Gasteiger partial charge in [-0.25, -0.2) is 0 Å². The monoisotopic (exact) mass is 454 g/mol. The summed E-state index contributed by atoms with van der Waals surface area (Å²) in [6, 6.07) is 1.02. The van der Waals surface area contributed by atoms with Crippen molar-refractivity contribution in [1.29, 1.82) is 5.26 Å². The van der Waals surface area contributed by atoms with E-state index >= 15 is 0 Å². The van der Waals surface area contributed by atoms with Crippen LogP contribution in [0.15, 0.2) is 11.6 Å². The largest absolute Gasteiger partial charge is 0.349 e. The van der Waals surface area contributed by atoms with Gasteiger partial charge in [-0.3, -0.25) is 14.4 Å². The zero-order valence-electron chi connectivity index (χ0n) is 20.6. The molecular formula is C26H38N4O3. The van der Waals surface area contributed by atoms with E-state index in [0.29, 0.717) is 30.4 Å². The lowest BCUT2D eigenvalue weighted by molar-refractivity contribution is -0.141. The Labute approximate surface area is 197 Å². The molecule has 4 rings (SSSR count). The second kappa shape index (κ2) is 8.45. The van der Waals surface area contributed by atoms with E-state index in [1.807, 2.05) is 26.8 Å². The molecule has 6 atom stereocenters. The molecule has 0 aromatic heterocycles. The van der Waals surface area contributed by atoms with Crippen LogP contribution in [-0.2, 0) is 14.4 Å². The fourth-order valence-electron chi connectivity index (χ4n) is 6.30. The quantitative estimate of drug-likeness (QED) is 0.667. The number of amides is 3. The molecule has 2 aliphatic heterocycles. The van der Waals surface area contributed by atoms with Gasteiger partial charge >= 0.3 is 0 Å². The summed E-state index contributed by atoms with van der Waals surface area (Å²) >= 11 is 0. The van der Waals surface area contributed by atoms with Gasteiger partial charge in [0.25, 0.3) is 0 Å². The third kappa shape index (κ3) is 4.67. The summed E-state index contributed by atoms with van der Waals surface area (Å²) in [7, 11) is 0. The smallest absolute Gasteiger partial charge is 0.247 e. The van der Waals surface area contributed by atoms with E-state index in [4.69, 9.17) is 0 Å². The van der Waals surface area contributed by atoms with Gasteiger partial charge in [0.1, 0.15) is 12.1 Å². The third-order valence-electron chi connectivity index (χ3n) is 8.22. The maximum absolute atomic E-state index is 13.4. The summed E-state index contributed by atoms with van der Waals surface area (Å²) in [4.78, 5) is 40.8. The van der Waals surface area contributed by atoms with Crippen LogP contribution in [0.3, 0.4) is 0 Å². The van der Waals surface area contributed by atoms with Gasteiger partial charge in [0.2, 0.25) is 17.7 Å². The van der Waals surface area contributed by atoms with Crippen molar-refractivity contribution in [2.24, 2.45) is 28.6 Å². The number of hydrogen-bond donors (Lipinski definition) is 2. The fourth-order valence-corrected chi connectivity index (χ4v) is 6.30. The predicted octanol–water partition coefficient (Wildman–Crippen LogP) is 2.92. The minimum Gasteiger partial charge on any atom is -0.349 e. The first kappa shape index (κ1) is 23.8. The van der Waals surface area contributed by atoms with Gasteiger partial charge in [0.15, 0.2) is 0 Å². The molecule has 2 aliphatic carbocycles. The van der Waals surface area contributed by atoms with Crippen LogP contribution >= 0.6 is 0 Å². The lowest BCUT2D eigenvalue weighted by Gasteiger charge is -2.35. The van der Waals surface area contributed by atoms with Crippen molar-refractivity contribution in [2.45, 2.75) is 91.3 Å². The van der Waals surface area contributed by atoms with Crippen LogP contribution < -0.4 is 10.6 Å². The predicted molar refractivity (Wildman–Crippen MR) is 124 cm³/mol. The van der Waals surface area contributed by atoms with Crippen molar-refractivity contribution in [3.05, 3.63) is 11.6 Å². The normalized spacial score (nSPS) is 33.1. The molecule has 180 valence electrons. The lowest BCUT2D eigenvalue weighted by Crippen LogP contribution is -2.52. The first-order valence-corrected chi connectivity index (χ1v) is 12.4. The van der Waals surface area contributed by atoms with Crippen molar-refractivity contribution < 1.29 is 14.4 Å². The molecule has 7 nitrogen and oxygen atoms in total. The Balaban J connectivity index is 1.45. The van der Waals surface area contributed by atoms with Gasteiger partial charge in [-0.15, -0.1) is 0 Å². The van der Waals surface area contributed by atoms with Crippen molar-refractivity contribution in [1.82, 2.24) is 15.5 Å². The van der Waals surface area contributed by atoms with E-state index in [0.717, 1.165) is 25.7 Å². The van der Waals surface area contributed by atoms with Gasteiger partial charge in [-0.1, -0.05) is 53.5 Å². The molecule has 0 aromatic carbocycles. The van der Waals surface area contributed by atoms with E-state index in [1.165, 1.54) is 0 Å². The summed E-state index contributed by atoms with van der Waals surface area (Å²) in [5.41, 5.74) is 0.444. The van der Waals surface area contributed by atoms with E-state index in [9.17, 15) is 19.6 Å². The minimum atomic E-state index is -0.796. The molecule has 4 aliphatic rings. The van der Waals surface area contributed by atoms with Crippen LogP contribution in [0.5, 0.6) is 0 Å². The summed E-state index contributed by atoms with van der Waals surface area (Å²) in [6.45, 7) is 10.9. The van der Waals surface area contributed by atoms with Crippen molar-refractivity contribution in [3.8, 4) is 6.07 Å². The van der Waals surface area contributed by atoms with E-state index in [-0.39, 0.29) is 46.9 Å². The summed E-state index contributed by atoms with van der Waals surface area (Å²) in [6.07, 6.45) is 6.92. The molecule has 2 N–H and O–H groups in total. The molecular weight excluding hydrogens is 416 g/mol. The number of fused-ring (bicyclic) bond motifs is 2. The average molecular weight is 455 g/mol. The van der Waals surface area contributed by atoms with E-state index in [2.05, 4.69) is 30.6 Å². The number of likely N-dealkylation sites (tertiary alicyclic amines) is 1. The van der Waals surface area contributed by atoms with Gasteiger partial charge in [0.05, 0.1) is 6.07 Å². The first-order valence-electron chi connectivity index (χ1n) is 12.4. The third-order valence-corrected chi connectivity index (χ3v) is 8.22. The Morgan fingerprint density at radius 2 is 2.00 bits per heavy atom. The second-order valence-electron chi connectivity index (χ2n) is 12.3. The molecule has 0 radical (unpaired) electrons. The van der Waals surface area contributed by atoms with Crippen LogP contribution in [-0.4, -0.2) is 47.3 Å². The van der Waals surface area contributed by atoms with E-state index in [1.54, 1.807) is 4.90 Å². The molecule has 33 heavy (non-hydrogen) atoms. The summed E-state index contributed by atoms with van der Waals surface area (Å²) in [5, 5.41) is 15.7. The number of hydrogen-bond acceptors (Lipinski definition) is 4. The van der Waals surface area contributed by atoms with Crippen LogP contribution in [0.2, 0.25) is 0 Å².